The molecule has 0 fully saturated rings. The van der Waals surface area contributed by atoms with Gasteiger partial charge < -0.3 is 16.0 Å². The minimum Gasteiger partial charge on any atom is -0.326 e. The number of hydrogen-bond acceptors (Lipinski definition) is 5. The van der Waals surface area contributed by atoms with Gasteiger partial charge in [-0.15, -0.1) is 0 Å². The van der Waals surface area contributed by atoms with Crippen LogP contribution in [0.1, 0.15) is 28.5 Å². The maximum Gasteiger partial charge on any atom is 0.274 e. The van der Waals surface area contributed by atoms with Crippen LogP contribution in [0.15, 0.2) is 54.7 Å². The number of para-hydroxylation sites is 1. The number of anilines is 4. The van der Waals surface area contributed by atoms with E-state index in [0.717, 1.165) is 16.8 Å². The molecule has 1 heterocycles. The first-order chi connectivity index (χ1) is 13.4. The van der Waals surface area contributed by atoms with Crippen molar-refractivity contribution in [2.24, 2.45) is 0 Å². The summed E-state index contributed by atoms with van der Waals surface area (Å²) in [5.74, 6) is -0.146. The lowest BCUT2D eigenvalue weighted by molar-refractivity contribution is -0.114. The van der Waals surface area contributed by atoms with Crippen LogP contribution < -0.4 is 16.0 Å². The molecule has 0 aliphatic rings. The lowest BCUT2D eigenvalue weighted by Gasteiger charge is -2.12. The average Bonchev–Trinajstić information content (AvgIpc) is 2.66. The second-order valence-electron chi connectivity index (χ2n) is 6.37. The lowest BCUT2D eigenvalue weighted by atomic mass is 10.1. The highest BCUT2D eigenvalue weighted by molar-refractivity contribution is 6.03. The summed E-state index contributed by atoms with van der Waals surface area (Å²) in [6, 6.07) is 14.4. The third-order valence-electron chi connectivity index (χ3n) is 4.07. The Hall–Kier alpha value is -3.74. The molecular weight excluding hydrogens is 354 g/mol. The van der Waals surface area contributed by atoms with Gasteiger partial charge in [-0.2, -0.15) is 0 Å². The predicted octanol–water partition coefficient (Wildman–Crippen LogP) is 4.05. The zero-order valence-electron chi connectivity index (χ0n) is 15.9. The third-order valence-corrected chi connectivity index (χ3v) is 4.07. The van der Waals surface area contributed by atoms with Crippen LogP contribution in [0.25, 0.3) is 0 Å². The van der Waals surface area contributed by atoms with E-state index in [-0.39, 0.29) is 17.5 Å². The molecule has 0 aliphatic carbocycles. The molecule has 3 rings (SSSR count). The van der Waals surface area contributed by atoms with Gasteiger partial charge in [0.15, 0.2) is 0 Å². The van der Waals surface area contributed by atoms with Crippen molar-refractivity contribution in [3.63, 3.8) is 0 Å². The Kier molecular flexibility index (Phi) is 5.64. The molecule has 3 N–H and O–H groups in total. The summed E-state index contributed by atoms with van der Waals surface area (Å²) in [5, 5.41) is 8.64. The van der Waals surface area contributed by atoms with Gasteiger partial charge in [-0.05, 0) is 55.3 Å². The summed E-state index contributed by atoms with van der Waals surface area (Å²) in [6.45, 7) is 5.43. The molecule has 7 heteroatoms. The Morgan fingerprint density at radius 3 is 2.07 bits per heavy atom. The number of nitrogens with zero attached hydrogens (tertiary/aromatic N) is 2. The third kappa shape index (κ3) is 4.70. The second kappa shape index (κ2) is 8.30. The first-order valence-electron chi connectivity index (χ1n) is 8.77. The zero-order valence-corrected chi connectivity index (χ0v) is 15.9. The molecular formula is C21H21N5O2. The molecule has 0 saturated heterocycles. The van der Waals surface area contributed by atoms with Crippen molar-refractivity contribution in [2.75, 3.05) is 16.0 Å². The van der Waals surface area contributed by atoms with Crippen LogP contribution in [0.5, 0.6) is 0 Å². The number of aryl methyl sites for hydroxylation is 2. The SMILES string of the molecule is CC(=O)Nc1ccc(NC(=O)c2ccnc(Nc3c(C)cccc3C)n2)cc1. The lowest BCUT2D eigenvalue weighted by Crippen LogP contribution is -2.15. The Balaban J connectivity index is 1.72. The molecule has 0 unspecified atom stereocenters. The van der Waals surface area contributed by atoms with Gasteiger partial charge in [0, 0.05) is 30.2 Å². The normalized spacial score (nSPS) is 10.2. The van der Waals surface area contributed by atoms with Crippen LogP contribution in [0, 0.1) is 13.8 Å². The topological polar surface area (TPSA) is 96.0 Å². The summed E-state index contributed by atoms with van der Waals surface area (Å²) in [4.78, 5) is 32.1. The fourth-order valence-corrected chi connectivity index (χ4v) is 2.70. The highest BCUT2D eigenvalue weighted by atomic mass is 16.2. The van der Waals surface area contributed by atoms with Gasteiger partial charge in [-0.3, -0.25) is 9.59 Å². The summed E-state index contributed by atoms with van der Waals surface area (Å²) < 4.78 is 0. The standard InChI is InChI=1S/C21H21N5O2/c1-13-5-4-6-14(2)19(13)26-21-22-12-11-18(25-21)20(28)24-17-9-7-16(8-10-17)23-15(3)27/h4-12H,1-3H3,(H,23,27)(H,24,28)(H,22,25,26). The fraction of sp³-hybridized carbons (Fsp3) is 0.143. The molecule has 0 spiro atoms. The van der Waals surface area contributed by atoms with Gasteiger partial charge in [0.1, 0.15) is 5.69 Å². The molecule has 142 valence electrons. The summed E-state index contributed by atoms with van der Waals surface area (Å²) in [7, 11) is 0. The zero-order chi connectivity index (χ0) is 20.1. The fourth-order valence-electron chi connectivity index (χ4n) is 2.70. The van der Waals surface area contributed by atoms with Crippen LogP contribution in [0.2, 0.25) is 0 Å². The minimum atomic E-state index is -0.348. The first-order valence-corrected chi connectivity index (χ1v) is 8.77. The summed E-state index contributed by atoms with van der Waals surface area (Å²) >= 11 is 0. The van der Waals surface area contributed by atoms with E-state index < -0.39 is 0 Å². The molecule has 3 aromatic rings. The molecule has 1 aromatic heterocycles. The first kappa shape index (κ1) is 19.0. The molecule has 7 nitrogen and oxygen atoms in total. The highest BCUT2D eigenvalue weighted by Crippen LogP contribution is 2.22. The van der Waals surface area contributed by atoms with Gasteiger partial charge in [0.05, 0.1) is 0 Å². The molecule has 2 amide bonds. The van der Waals surface area contributed by atoms with Crippen LogP contribution in [0.3, 0.4) is 0 Å². The summed E-state index contributed by atoms with van der Waals surface area (Å²) in [6.07, 6.45) is 1.54. The molecule has 0 radical (unpaired) electrons. The number of amides is 2. The maximum absolute atomic E-state index is 12.5. The number of rotatable bonds is 5. The smallest absolute Gasteiger partial charge is 0.274 e. The van der Waals surface area contributed by atoms with Crippen LogP contribution in [0.4, 0.5) is 23.0 Å². The summed E-state index contributed by atoms with van der Waals surface area (Å²) in [5.41, 5.74) is 4.56. The second-order valence-corrected chi connectivity index (χ2v) is 6.37. The molecule has 2 aromatic carbocycles. The van der Waals surface area contributed by atoms with E-state index in [1.165, 1.54) is 13.1 Å². The Morgan fingerprint density at radius 2 is 1.46 bits per heavy atom. The number of benzene rings is 2. The molecule has 0 atom stereocenters. The van der Waals surface area contributed by atoms with E-state index in [0.29, 0.717) is 17.3 Å². The predicted molar refractivity (Wildman–Crippen MR) is 110 cm³/mol. The monoisotopic (exact) mass is 375 g/mol. The van der Waals surface area contributed by atoms with E-state index in [4.69, 9.17) is 0 Å². The molecule has 0 bridgehead atoms. The van der Waals surface area contributed by atoms with E-state index in [1.54, 1.807) is 30.3 Å². The Labute approximate surface area is 163 Å². The van der Waals surface area contributed by atoms with Crippen molar-refractivity contribution in [1.82, 2.24) is 9.97 Å². The van der Waals surface area contributed by atoms with Gasteiger partial charge in [-0.1, -0.05) is 18.2 Å². The van der Waals surface area contributed by atoms with Crippen molar-refractivity contribution in [1.29, 1.82) is 0 Å². The largest absolute Gasteiger partial charge is 0.326 e. The number of hydrogen-bond donors (Lipinski definition) is 3. The maximum atomic E-state index is 12.5. The quantitative estimate of drug-likeness (QED) is 0.625. The van der Waals surface area contributed by atoms with Crippen molar-refractivity contribution >= 4 is 34.8 Å². The van der Waals surface area contributed by atoms with E-state index in [9.17, 15) is 9.59 Å². The van der Waals surface area contributed by atoms with Gasteiger partial charge in [0.25, 0.3) is 5.91 Å². The molecule has 0 aliphatic heterocycles. The number of carbonyl (C=O) groups is 2. The Bertz CT molecular complexity index is 995. The van der Waals surface area contributed by atoms with E-state index in [1.807, 2.05) is 32.0 Å². The average molecular weight is 375 g/mol. The van der Waals surface area contributed by atoms with Crippen LogP contribution >= 0.6 is 0 Å². The molecule has 28 heavy (non-hydrogen) atoms. The van der Waals surface area contributed by atoms with E-state index in [2.05, 4.69) is 25.9 Å². The van der Waals surface area contributed by atoms with Crippen LogP contribution in [-0.2, 0) is 4.79 Å². The van der Waals surface area contributed by atoms with Crippen molar-refractivity contribution in [3.8, 4) is 0 Å². The number of nitrogens with one attached hydrogen (secondary N) is 3. The molecule has 0 saturated carbocycles. The van der Waals surface area contributed by atoms with Crippen LogP contribution in [-0.4, -0.2) is 21.8 Å². The minimum absolute atomic E-state index is 0.151. The van der Waals surface area contributed by atoms with Crippen molar-refractivity contribution in [3.05, 3.63) is 71.5 Å². The van der Waals surface area contributed by atoms with Gasteiger partial charge >= 0.3 is 0 Å². The van der Waals surface area contributed by atoms with Crippen molar-refractivity contribution in [2.45, 2.75) is 20.8 Å². The number of carbonyl (C=O) groups excluding carboxylic acids is 2. The Morgan fingerprint density at radius 1 is 0.857 bits per heavy atom. The van der Waals surface area contributed by atoms with Gasteiger partial charge in [-0.25, -0.2) is 9.97 Å². The van der Waals surface area contributed by atoms with E-state index >= 15 is 0 Å². The highest BCUT2D eigenvalue weighted by Gasteiger charge is 2.11. The van der Waals surface area contributed by atoms with Gasteiger partial charge in [0.2, 0.25) is 11.9 Å². The number of aromatic nitrogens is 2. The van der Waals surface area contributed by atoms with Crippen molar-refractivity contribution < 1.29 is 9.59 Å².